The molecule has 0 aliphatic rings. The number of fused-ring (bicyclic) bond motifs is 1. The van der Waals surface area contributed by atoms with Crippen LogP contribution in [0.25, 0.3) is 10.9 Å². The molecule has 21 heavy (non-hydrogen) atoms. The average Bonchev–Trinajstić information content (AvgIpc) is 2.85. The monoisotopic (exact) mass is 287 g/mol. The topological polar surface area (TPSA) is 46.1 Å². The lowest BCUT2D eigenvalue weighted by Crippen LogP contribution is -2.30. The van der Waals surface area contributed by atoms with Crippen molar-refractivity contribution in [2.24, 2.45) is 5.92 Å². The van der Waals surface area contributed by atoms with Crippen molar-refractivity contribution in [3.05, 3.63) is 36.0 Å². The first kappa shape index (κ1) is 15.6. The molecule has 1 heterocycles. The highest BCUT2D eigenvalue weighted by molar-refractivity contribution is 5.83. The van der Waals surface area contributed by atoms with E-state index in [0.29, 0.717) is 12.5 Å². The molecule has 0 fully saturated rings. The average molecular weight is 287 g/mol. The molecular weight excluding hydrogens is 262 g/mol. The normalized spacial score (nSPS) is 11.2. The summed E-state index contributed by atoms with van der Waals surface area (Å²) in [5.41, 5.74) is 2.38. The van der Waals surface area contributed by atoms with Gasteiger partial charge < -0.3 is 15.2 Å². The molecule has 2 aromatic rings. The second kappa shape index (κ2) is 7.27. The second-order valence-electron chi connectivity index (χ2n) is 5.82. The molecule has 0 aliphatic heterocycles. The predicted molar refractivity (Wildman–Crippen MR) is 87.2 cm³/mol. The number of nitrogens with one attached hydrogen (secondary N) is 2. The second-order valence-corrected chi connectivity index (χ2v) is 5.82. The maximum absolute atomic E-state index is 11.9. The van der Waals surface area contributed by atoms with Crippen LogP contribution in [0, 0.1) is 5.92 Å². The zero-order valence-corrected chi connectivity index (χ0v) is 13.1. The van der Waals surface area contributed by atoms with Crippen molar-refractivity contribution in [3.8, 4) is 0 Å². The molecule has 0 saturated heterocycles. The molecule has 0 bridgehead atoms. The standard InChI is InChI=1S/C17H25N3O/c1-4-18-11-14-5-6-16-15(9-14)7-8-20(16)12-17(21)19-10-13(2)3/h5-9,13,18H,4,10-12H2,1-3H3,(H,19,21). The Kier molecular flexibility index (Phi) is 5.39. The Morgan fingerprint density at radius 1 is 1.29 bits per heavy atom. The summed E-state index contributed by atoms with van der Waals surface area (Å²) in [6, 6.07) is 8.46. The summed E-state index contributed by atoms with van der Waals surface area (Å²) >= 11 is 0. The van der Waals surface area contributed by atoms with Crippen LogP contribution < -0.4 is 10.6 Å². The van der Waals surface area contributed by atoms with E-state index in [1.807, 2.05) is 10.8 Å². The van der Waals surface area contributed by atoms with Crippen LogP contribution in [0.1, 0.15) is 26.3 Å². The summed E-state index contributed by atoms with van der Waals surface area (Å²) in [7, 11) is 0. The lowest BCUT2D eigenvalue weighted by molar-refractivity contribution is -0.121. The Morgan fingerprint density at radius 3 is 2.81 bits per heavy atom. The SMILES string of the molecule is CCNCc1ccc2c(ccn2CC(=O)NCC(C)C)c1. The van der Waals surface area contributed by atoms with E-state index in [0.717, 1.165) is 25.2 Å². The summed E-state index contributed by atoms with van der Waals surface area (Å²) in [5, 5.41) is 7.46. The highest BCUT2D eigenvalue weighted by atomic mass is 16.1. The number of amides is 1. The summed E-state index contributed by atoms with van der Waals surface area (Å²) in [4.78, 5) is 11.9. The summed E-state index contributed by atoms with van der Waals surface area (Å²) in [6.45, 7) is 9.24. The van der Waals surface area contributed by atoms with E-state index >= 15 is 0 Å². The van der Waals surface area contributed by atoms with Gasteiger partial charge in [-0.25, -0.2) is 0 Å². The van der Waals surface area contributed by atoms with Gasteiger partial charge in [0, 0.05) is 24.8 Å². The molecular formula is C17H25N3O. The van der Waals surface area contributed by atoms with E-state index in [2.05, 4.69) is 55.7 Å². The molecule has 114 valence electrons. The molecule has 0 unspecified atom stereocenters. The van der Waals surface area contributed by atoms with Gasteiger partial charge in [0.05, 0.1) is 0 Å². The highest BCUT2D eigenvalue weighted by Crippen LogP contribution is 2.17. The lowest BCUT2D eigenvalue weighted by atomic mass is 10.1. The minimum absolute atomic E-state index is 0.0675. The molecule has 2 rings (SSSR count). The first-order valence-electron chi connectivity index (χ1n) is 7.65. The fourth-order valence-electron chi connectivity index (χ4n) is 2.30. The van der Waals surface area contributed by atoms with Crippen molar-refractivity contribution in [1.29, 1.82) is 0 Å². The number of carbonyl (C=O) groups excluding carboxylic acids is 1. The van der Waals surface area contributed by atoms with Gasteiger partial charge in [-0.15, -0.1) is 0 Å². The molecule has 0 saturated carbocycles. The largest absolute Gasteiger partial charge is 0.354 e. The van der Waals surface area contributed by atoms with Gasteiger partial charge in [0.15, 0.2) is 0 Å². The molecule has 4 heteroatoms. The lowest BCUT2D eigenvalue weighted by Gasteiger charge is -2.09. The van der Waals surface area contributed by atoms with Gasteiger partial charge in [-0.1, -0.05) is 26.8 Å². The minimum Gasteiger partial charge on any atom is -0.354 e. The van der Waals surface area contributed by atoms with Crippen molar-refractivity contribution < 1.29 is 4.79 Å². The van der Waals surface area contributed by atoms with Gasteiger partial charge in [0.25, 0.3) is 0 Å². The van der Waals surface area contributed by atoms with E-state index in [4.69, 9.17) is 0 Å². The maximum Gasteiger partial charge on any atom is 0.239 e. The van der Waals surface area contributed by atoms with Crippen molar-refractivity contribution in [3.63, 3.8) is 0 Å². The number of hydrogen-bond acceptors (Lipinski definition) is 2. The highest BCUT2D eigenvalue weighted by Gasteiger charge is 2.07. The van der Waals surface area contributed by atoms with Crippen molar-refractivity contribution in [2.75, 3.05) is 13.1 Å². The summed E-state index contributed by atoms with van der Waals surface area (Å²) in [5.74, 6) is 0.543. The van der Waals surface area contributed by atoms with Crippen LogP contribution in [0.4, 0.5) is 0 Å². The number of carbonyl (C=O) groups is 1. The summed E-state index contributed by atoms with van der Waals surface area (Å²) < 4.78 is 2.00. The minimum atomic E-state index is 0.0675. The molecule has 0 atom stereocenters. The van der Waals surface area contributed by atoms with Crippen LogP contribution in [-0.4, -0.2) is 23.6 Å². The Labute approximate surface area is 126 Å². The Bertz CT molecular complexity index is 601. The van der Waals surface area contributed by atoms with Crippen LogP contribution in [0.3, 0.4) is 0 Å². The number of benzene rings is 1. The Balaban J connectivity index is 2.06. The van der Waals surface area contributed by atoms with Crippen LogP contribution in [-0.2, 0) is 17.9 Å². The molecule has 0 aliphatic carbocycles. The number of aromatic nitrogens is 1. The van der Waals surface area contributed by atoms with Gasteiger partial charge in [-0.3, -0.25) is 4.79 Å². The molecule has 0 radical (unpaired) electrons. The van der Waals surface area contributed by atoms with Crippen LogP contribution in [0.5, 0.6) is 0 Å². The molecule has 4 nitrogen and oxygen atoms in total. The van der Waals surface area contributed by atoms with E-state index < -0.39 is 0 Å². The third-order valence-corrected chi connectivity index (χ3v) is 3.44. The molecule has 1 aromatic heterocycles. The third-order valence-electron chi connectivity index (χ3n) is 3.44. The van der Waals surface area contributed by atoms with Gasteiger partial charge in [-0.2, -0.15) is 0 Å². The van der Waals surface area contributed by atoms with Crippen molar-refractivity contribution in [1.82, 2.24) is 15.2 Å². The fourth-order valence-corrected chi connectivity index (χ4v) is 2.30. The van der Waals surface area contributed by atoms with E-state index in [1.165, 1.54) is 10.9 Å². The molecule has 0 spiro atoms. The van der Waals surface area contributed by atoms with Gasteiger partial charge in [-0.05, 0) is 41.6 Å². The van der Waals surface area contributed by atoms with Gasteiger partial charge in [0.2, 0.25) is 5.91 Å². The zero-order valence-electron chi connectivity index (χ0n) is 13.1. The van der Waals surface area contributed by atoms with Crippen LogP contribution >= 0.6 is 0 Å². The fraction of sp³-hybridized carbons (Fsp3) is 0.471. The number of nitrogens with zero attached hydrogens (tertiary/aromatic N) is 1. The zero-order chi connectivity index (χ0) is 15.2. The molecule has 2 N–H and O–H groups in total. The smallest absolute Gasteiger partial charge is 0.239 e. The molecule has 1 aromatic carbocycles. The number of hydrogen-bond donors (Lipinski definition) is 2. The van der Waals surface area contributed by atoms with Gasteiger partial charge >= 0.3 is 0 Å². The summed E-state index contributed by atoms with van der Waals surface area (Å²) in [6.07, 6.45) is 1.98. The third kappa shape index (κ3) is 4.33. The number of rotatable bonds is 7. The first-order chi connectivity index (χ1) is 10.1. The Hall–Kier alpha value is -1.81. The van der Waals surface area contributed by atoms with E-state index in [9.17, 15) is 4.79 Å². The van der Waals surface area contributed by atoms with Crippen LogP contribution in [0.2, 0.25) is 0 Å². The Morgan fingerprint density at radius 2 is 2.10 bits per heavy atom. The predicted octanol–water partition coefficient (Wildman–Crippen LogP) is 2.52. The quantitative estimate of drug-likeness (QED) is 0.822. The van der Waals surface area contributed by atoms with E-state index in [1.54, 1.807) is 0 Å². The maximum atomic E-state index is 11.9. The molecule has 1 amide bonds. The van der Waals surface area contributed by atoms with Gasteiger partial charge in [0.1, 0.15) is 6.54 Å². The van der Waals surface area contributed by atoms with Crippen molar-refractivity contribution in [2.45, 2.75) is 33.9 Å². The van der Waals surface area contributed by atoms with Crippen LogP contribution in [0.15, 0.2) is 30.5 Å². The van der Waals surface area contributed by atoms with Crippen molar-refractivity contribution >= 4 is 16.8 Å². The first-order valence-corrected chi connectivity index (χ1v) is 7.65. The van der Waals surface area contributed by atoms with E-state index in [-0.39, 0.29) is 5.91 Å².